The third-order valence-corrected chi connectivity index (χ3v) is 9.02. The molecule has 0 heterocycles. The van der Waals surface area contributed by atoms with Crippen molar-refractivity contribution in [3.63, 3.8) is 0 Å². The van der Waals surface area contributed by atoms with Crippen molar-refractivity contribution in [1.29, 1.82) is 0 Å². The van der Waals surface area contributed by atoms with E-state index in [1.54, 1.807) is 0 Å². The lowest BCUT2D eigenvalue weighted by Crippen LogP contribution is -2.17. The average Bonchev–Trinajstić information content (AvgIpc) is 2.68. The molecule has 24 heavy (non-hydrogen) atoms. The van der Waals surface area contributed by atoms with Gasteiger partial charge in [-0.05, 0) is 25.7 Å². The minimum atomic E-state index is -2.94. The largest absolute Gasteiger partial charge is 0.309 e. The normalized spacial score (nSPS) is 15.1. The molecule has 0 aromatic heterocycles. The highest BCUT2D eigenvalue weighted by Crippen LogP contribution is 2.56. The Morgan fingerprint density at radius 3 is 1.75 bits per heavy atom. The molecular formula is C21H22BrOP. The molecule has 0 bridgehead atoms. The van der Waals surface area contributed by atoms with Crippen molar-refractivity contribution < 1.29 is 4.57 Å². The van der Waals surface area contributed by atoms with Crippen LogP contribution in [0.3, 0.4) is 0 Å². The predicted molar refractivity (Wildman–Crippen MR) is 108 cm³/mol. The Bertz CT molecular complexity index is 742. The lowest BCUT2D eigenvalue weighted by atomic mass is 9.95. The van der Waals surface area contributed by atoms with Gasteiger partial charge in [0.1, 0.15) is 0 Å². The summed E-state index contributed by atoms with van der Waals surface area (Å²) in [5, 5.41) is 2.40. The monoisotopic (exact) mass is 400 g/mol. The third-order valence-electron chi connectivity index (χ3n) is 4.64. The van der Waals surface area contributed by atoms with Crippen LogP contribution in [-0.2, 0) is 4.57 Å². The molecule has 0 spiro atoms. The zero-order valence-electron chi connectivity index (χ0n) is 13.7. The van der Waals surface area contributed by atoms with Crippen LogP contribution in [0, 0.1) is 0 Å². The van der Waals surface area contributed by atoms with Crippen molar-refractivity contribution >= 4 is 33.7 Å². The molecule has 0 radical (unpaired) electrons. The van der Waals surface area contributed by atoms with E-state index in [-0.39, 0.29) is 0 Å². The molecule has 3 heteroatoms. The number of hydrogen-bond acceptors (Lipinski definition) is 1. The maximum atomic E-state index is 14.2. The van der Waals surface area contributed by atoms with Crippen molar-refractivity contribution in [3.8, 4) is 0 Å². The Kier molecular flexibility index (Phi) is 5.58. The summed E-state index contributed by atoms with van der Waals surface area (Å²) in [5.74, 6) is 0. The fraction of sp³-hybridized carbons (Fsp3) is 0.238. The lowest BCUT2D eigenvalue weighted by molar-refractivity contribution is 0.589. The quantitative estimate of drug-likeness (QED) is 0.564. The van der Waals surface area contributed by atoms with Gasteiger partial charge < -0.3 is 4.57 Å². The van der Waals surface area contributed by atoms with Crippen LogP contribution in [0.4, 0.5) is 0 Å². The summed E-state index contributed by atoms with van der Waals surface area (Å²) in [6, 6.07) is 19.5. The van der Waals surface area contributed by atoms with Gasteiger partial charge in [0.15, 0.2) is 7.14 Å². The van der Waals surface area contributed by atoms with E-state index >= 15 is 0 Å². The molecule has 1 aliphatic rings. The zero-order chi connectivity index (χ0) is 17.0. The van der Waals surface area contributed by atoms with Crippen molar-refractivity contribution in [3.05, 3.63) is 82.6 Å². The molecule has 0 aliphatic heterocycles. The van der Waals surface area contributed by atoms with Crippen LogP contribution in [0.2, 0.25) is 0 Å². The second-order valence-electron chi connectivity index (χ2n) is 6.21. The molecule has 0 N–H and O–H groups in total. The summed E-state index contributed by atoms with van der Waals surface area (Å²) < 4.78 is 15.2. The molecule has 1 nitrogen and oxygen atoms in total. The lowest BCUT2D eigenvalue weighted by Gasteiger charge is -2.24. The molecule has 124 valence electrons. The summed E-state index contributed by atoms with van der Waals surface area (Å²) in [6.45, 7) is 4.29. The first-order valence-corrected chi connectivity index (χ1v) is 10.9. The summed E-state index contributed by atoms with van der Waals surface area (Å²) in [4.78, 5) is 0. The van der Waals surface area contributed by atoms with Gasteiger partial charge in [0, 0.05) is 20.4 Å². The molecule has 2 aromatic rings. The Hall–Kier alpha value is -1.37. The van der Waals surface area contributed by atoms with Crippen LogP contribution in [0.15, 0.2) is 82.6 Å². The standard InChI is InChI=1S/C21H22BrOP/c1-17(21(22)18-11-5-2-6-12-18)24(23,19-13-7-3-8-14-19)20-15-9-4-10-16-20/h3-4,7-10,13-16H,1-2,5-6,11-12H2. The summed E-state index contributed by atoms with van der Waals surface area (Å²) >= 11 is 3.74. The second kappa shape index (κ2) is 7.68. The first kappa shape index (κ1) is 17.5. The molecule has 3 rings (SSSR count). The highest BCUT2D eigenvalue weighted by Gasteiger charge is 2.32. The summed E-state index contributed by atoms with van der Waals surface area (Å²) in [5.41, 5.74) is 1.36. The van der Waals surface area contributed by atoms with Gasteiger partial charge in [-0.3, -0.25) is 0 Å². The van der Waals surface area contributed by atoms with Gasteiger partial charge in [-0.2, -0.15) is 0 Å². The van der Waals surface area contributed by atoms with E-state index in [0.29, 0.717) is 0 Å². The van der Waals surface area contributed by atoms with Gasteiger partial charge in [-0.1, -0.05) is 95.2 Å². The van der Waals surface area contributed by atoms with Crippen molar-refractivity contribution in [1.82, 2.24) is 0 Å². The first-order valence-electron chi connectivity index (χ1n) is 8.42. The van der Waals surface area contributed by atoms with Crippen LogP contribution < -0.4 is 10.6 Å². The Balaban J connectivity index is 2.12. The number of hydrogen-bond donors (Lipinski definition) is 0. The maximum absolute atomic E-state index is 14.2. The van der Waals surface area contributed by atoms with E-state index < -0.39 is 7.14 Å². The van der Waals surface area contributed by atoms with E-state index in [9.17, 15) is 4.57 Å². The van der Waals surface area contributed by atoms with Crippen molar-refractivity contribution in [2.24, 2.45) is 0 Å². The van der Waals surface area contributed by atoms with Crippen molar-refractivity contribution in [2.45, 2.75) is 32.1 Å². The van der Waals surface area contributed by atoms with Gasteiger partial charge in [0.2, 0.25) is 0 Å². The van der Waals surface area contributed by atoms with Crippen LogP contribution in [0.5, 0.6) is 0 Å². The fourth-order valence-electron chi connectivity index (χ4n) is 3.28. The van der Waals surface area contributed by atoms with Crippen molar-refractivity contribution in [2.75, 3.05) is 0 Å². The molecule has 1 fully saturated rings. The summed E-state index contributed by atoms with van der Waals surface area (Å²) in [6.07, 6.45) is 5.84. The highest BCUT2D eigenvalue weighted by molar-refractivity contribution is 9.12. The number of allylic oxidation sites excluding steroid dienone is 3. The van der Waals surface area contributed by atoms with Gasteiger partial charge in [0.05, 0.1) is 0 Å². The van der Waals surface area contributed by atoms with Crippen LogP contribution in [0.1, 0.15) is 32.1 Å². The predicted octanol–water partition coefficient (Wildman–Crippen LogP) is 6.13. The second-order valence-corrected chi connectivity index (χ2v) is 9.79. The minimum Gasteiger partial charge on any atom is -0.309 e. The van der Waals surface area contributed by atoms with E-state index in [4.69, 9.17) is 0 Å². The Morgan fingerprint density at radius 2 is 1.29 bits per heavy atom. The topological polar surface area (TPSA) is 17.1 Å². The fourth-order valence-corrected chi connectivity index (χ4v) is 6.96. The maximum Gasteiger partial charge on any atom is 0.171 e. The SMILES string of the molecule is C=C(C(Br)=C1CCCCC1)P(=O)(c1ccccc1)c1ccccc1. The minimum absolute atomic E-state index is 0.719. The van der Waals surface area contributed by atoms with Gasteiger partial charge in [-0.25, -0.2) is 0 Å². The number of halogens is 1. The molecule has 0 saturated heterocycles. The van der Waals surface area contributed by atoms with Gasteiger partial charge >= 0.3 is 0 Å². The van der Waals surface area contributed by atoms with Crippen LogP contribution in [0.25, 0.3) is 0 Å². The molecular weight excluding hydrogens is 379 g/mol. The number of benzene rings is 2. The molecule has 0 amide bonds. The molecule has 2 aromatic carbocycles. The van der Waals surface area contributed by atoms with E-state index in [1.807, 2.05) is 60.7 Å². The summed E-state index contributed by atoms with van der Waals surface area (Å²) in [7, 11) is -2.94. The van der Waals surface area contributed by atoms with E-state index in [2.05, 4.69) is 22.5 Å². The van der Waals surface area contributed by atoms with Crippen LogP contribution >= 0.6 is 23.1 Å². The van der Waals surface area contributed by atoms with E-state index in [1.165, 1.54) is 24.8 Å². The average molecular weight is 401 g/mol. The molecule has 0 unspecified atom stereocenters. The Labute approximate surface area is 153 Å². The van der Waals surface area contributed by atoms with Gasteiger partial charge in [-0.15, -0.1) is 0 Å². The highest BCUT2D eigenvalue weighted by atomic mass is 79.9. The molecule has 0 atom stereocenters. The zero-order valence-corrected chi connectivity index (χ0v) is 16.2. The van der Waals surface area contributed by atoms with E-state index in [0.717, 1.165) is 33.2 Å². The van der Waals surface area contributed by atoms with Crippen LogP contribution in [-0.4, -0.2) is 0 Å². The molecule has 1 saturated carbocycles. The Morgan fingerprint density at radius 1 is 0.833 bits per heavy atom. The number of rotatable bonds is 4. The first-order chi connectivity index (χ1) is 11.6. The third kappa shape index (κ3) is 3.36. The smallest absolute Gasteiger partial charge is 0.171 e. The molecule has 1 aliphatic carbocycles. The van der Waals surface area contributed by atoms with Gasteiger partial charge in [0.25, 0.3) is 0 Å².